The van der Waals surface area contributed by atoms with E-state index in [-0.39, 0.29) is 11.8 Å². The second-order valence-electron chi connectivity index (χ2n) is 6.11. The number of rotatable bonds is 6. The van der Waals surface area contributed by atoms with Crippen LogP contribution in [0, 0.1) is 5.92 Å². The Labute approximate surface area is 150 Å². The number of anilines is 1. The van der Waals surface area contributed by atoms with Gasteiger partial charge in [0.15, 0.2) is 0 Å². The molecule has 1 aromatic carbocycles. The van der Waals surface area contributed by atoms with Gasteiger partial charge in [0.25, 0.3) is 0 Å². The molecule has 1 amide bonds. The van der Waals surface area contributed by atoms with Crippen molar-refractivity contribution in [2.24, 2.45) is 5.92 Å². The Bertz CT molecular complexity index is 795. The fourth-order valence-corrected chi connectivity index (χ4v) is 4.31. The lowest BCUT2D eigenvalue weighted by Crippen LogP contribution is -2.24. The SMILES string of the molecule is CCC(CC)C(=O)Nc1c2c(nn1-c1ccc(OC)cc1)C[S@@](=O)C2. The Hall–Kier alpha value is -2.15. The highest BCUT2D eigenvalue weighted by atomic mass is 32.2. The minimum atomic E-state index is -0.944. The van der Waals surface area contributed by atoms with Gasteiger partial charge in [-0.15, -0.1) is 0 Å². The zero-order valence-electron chi connectivity index (χ0n) is 14.7. The van der Waals surface area contributed by atoms with E-state index in [0.29, 0.717) is 17.3 Å². The molecule has 0 radical (unpaired) electrons. The van der Waals surface area contributed by atoms with Crippen LogP contribution in [0.4, 0.5) is 5.82 Å². The zero-order valence-corrected chi connectivity index (χ0v) is 15.6. The van der Waals surface area contributed by atoms with Gasteiger partial charge in [-0.1, -0.05) is 13.8 Å². The Morgan fingerprint density at radius 2 is 1.96 bits per heavy atom. The van der Waals surface area contributed by atoms with Gasteiger partial charge in [-0.05, 0) is 37.1 Å². The first-order valence-corrected chi connectivity index (χ1v) is 9.97. The molecule has 134 valence electrons. The first-order valence-electron chi connectivity index (χ1n) is 8.48. The molecule has 1 aliphatic rings. The summed E-state index contributed by atoms with van der Waals surface area (Å²) in [4.78, 5) is 12.6. The van der Waals surface area contributed by atoms with E-state index in [2.05, 4.69) is 10.4 Å². The average Bonchev–Trinajstić information content (AvgIpc) is 3.13. The summed E-state index contributed by atoms with van der Waals surface area (Å²) in [5.41, 5.74) is 2.52. The van der Waals surface area contributed by atoms with E-state index in [9.17, 15) is 9.00 Å². The number of hydrogen-bond acceptors (Lipinski definition) is 4. The Morgan fingerprint density at radius 1 is 1.28 bits per heavy atom. The highest BCUT2D eigenvalue weighted by Gasteiger charge is 2.29. The number of nitrogens with one attached hydrogen (secondary N) is 1. The quantitative estimate of drug-likeness (QED) is 0.858. The molecular weight excluding hydrogens is 338 g/mol. The molecule has 3 rings (SSSR count). The zero-order chi connectivity index (χ0) is 18.0. The van der Waals surface area contributed by atoms with E-state index in [4.69, 9.17) is 4.74 Å². The molecule has 7 heteroatoms. The lowest BCUT2D eigenvalue weighted by Gasteiger charge is -2.15. The number of hydrogen-bond donors (Lipinski definition) is 1. The maximum Gasteiger partial charge on any atom is 0.228 e. The van der Waals surface area contributed by atoms with Gasteiger partial charge in [0, 0.05) is 22.3 Å². The summed E-state index contributed by atoms with van der Waals surface area (Å²) >= 11 is 0. The molecule has 1 aromatic heterocycles. The maximum atomic E-state index is 12.6. The van der Waals surface area contributed by atoms with Crippen molar-refractivity contribution in [1.82, 2.24) is 9.78 Å². The van der Waals surface area contributed by atoms with Crippen molar-refractivity contribution in [2.45, 2.75) is 38.2 Å². The van der Waals surface area contributed by atoms with E-state index in [1.54, 1.807) is 11.8 Å². The largest absolute Gasteiger partial charge is 0.497 e. The molecule has 0 saturated heterocycles. The molecule has 1 aliphatic heterocycles. The van der Waals surface area contributed by atoms with Crippen molar-refractivity contribution in [3.8, 4) is 11.4 Å². The number of aromatic nitrogens is 2. The first kappa shape index (κ1) is 17.7. The van der Waals surface area contributed by atoms with Crippen LogP contribution < -0.4 is 10.1 Å². The summed E-state index contributed by atoms with van der Waals surface area (Å²) in [5.74, 6) is 2.22. The van der Waals surface area contributed by atoms with Crippen LogP contribution in [-0.2, 0) is 27.1 Å². The number of carbonyl (C=O) groups excluding carboxylic acids is 1. The molecule has 2 aromatic rings. The number of amides is 1. The van der Waals surface area contributed by atoms with Gasteiger partial charge in [0.05, 0.1) is 30.0 Å². The van der Waals surface area contributed by atoms with Crippen LogP contribution in [0.5, 0.6) is 5.75 Å². The highest BCUT2D eigenvalue weighted by Crippen LogP contribution is 2.32. The summed E-state index contributed by atoms with van der Waals surface area (Å²) < 4.78 is 18.8. The van der Waals surface area contributed by atoms with Crippen molar-refractivity contribution in [3.05, 3.63) is 35.5 Å². The molecule has 1 atom stereocenters. The van der Waals surface area contributed by atoms with Gasteiger partial charge in [0.1, 0.15) is 11.6 Å². The lowest BCUT2D eigenvalue weighted by molar-refractivity contribution is -0.120. The Balaban J connectivity index is 1.99. The number of ether oxygens (including phenoxy) is 1. The summed E-state index contributed by atoms with van der Waals surface area (Å²) in [5, 5.41) is 7.64. The summed E-state index contributed by atoms with van der Waals surface area (Å²) in [6.07, 6.45) is 1.57. The third kappa shape index (κ3) is 3.46. The second-order valence-corrected chi connectivity index (χ2v) is 7.57. The summed E-state index contributed by atoms with van der Waals surface area (Å²) in [6.45, 7) is 4.02. The van der Waals surface area contributed by atoms with Crippen molar-refractivity contribution in [3.63, 3.8) is 0 Å². The molecular formula is C18H23N3O3S. The molecule has 0 saturated carbocycles. The minimum Gasteiger partial charge on any atom is -0.497 e. The monoisotopic (exact) mass is 361 g/mol. The van der Waals surface area contributed by atoms with E-state index in [1.165, 1.54) is 0 Å². The standard InChI is InChI=1S/C18H23N3O3S/c1-4-12(5-2)18(22)19-17-15-10-25(23)11-16(15)20-21(17)13-6-8-14(24-3)9-7-13/h6-9,12H,4-5,10-11H2,1-3H3,(H,19,22)/t25-/m0/s1. The fraction of sp³-hybridized carbons (Fsp3) is 0.444. The number of methoxy groups -OCH3 is 1. The summed E-state index contributed by atoms with van der Waals surface area (Å²) in [7, 11) is 0.675. The predicted molar refractivity (Wildman–Crippen MR) is 98.4 cm³/mol. The van der Waals surface area contributed by atoms with Crippen molar-refractivity contribution < 1.29 is 13.7 Å². The smallest absolute Gasteiger partial charge is 0.228 e. The number of benzene rings is 1. The molecule has 0 bridgehead atoms. The molecule has 0 fully saturated rings. The molecule has 0 spiro atoms. The van der Waals surface area contributed by atoms with Gasteiger partial charge in [-0.2, -0.15) is 5.10 Å². The fourth-order valence-electron chi connectivity index (χ4n) is 3.04. The Morgan fingerprint density at radius 3 is 2.56 bits per heavy atom. The van der Waals surface area contributed by atoms with E-state index >= 15 is 0 Å². The second kappa shape index (κ2) is 7.39. The van der Waals surface area contributed by atoms with Crippen LogP contribution >= 0.6 is 0 Å². The van der Waals surface area contributed by atoms with Gasteiger partial charge < -0.3 is 10.1 Å². The van der Waals surface area contributed by atoms with Crippen LogP contribution in [0.15, 0.2) is 24.3 Å². The van der Waals surface area contributed by atoms with E-state index in [0.717, 1.165) is 35.5 Å². The van der Waals surface area contributed by atoms with Crippen molar-refractivity contribution in [2.75, 3.05) is 12.4 Å². The average molecular weight is 361 g/mol. The van der Waals surface area contributed by atoms with Crippen LogP contribution in [0.2, 0.25) is 0 Å². The maximum absolute atomic E-state index is 12.6. The molecule has 25 heavy (non-hydrogen) atoms. The molecule has 1 N–H and O–H groups in total. The van der Waals surface area contributed by atoms with Crippen LogP contribution in [-0.4, -0.2) is 27.0 Å². The van der Waals surface area contributed by atoms with Crippen LogP contribution in [0.25, 0.3) is 5.69 Å². The van der Waals surface area contributed by atoms with Crippen LogP contribution in [0.3, 0.4) is 0 Å². The third-order valence-electron chi connectivity index (χ3n) is 4.58. The number of carbonyl (C=O) groups is 1. The topological polar surface area (TPSA) is 73.2 Å². The molecule has 6 nitrogen and oxygen atoms in total. The Kier molecular flexibility index (Phi) is 5.22. The van der Waals surface area contributed by atoms with Gasteiger partial charge in [-0.25, -0.2) is 4.68 Å². The van der Waals surface area contributed by atoms with Crippen molar-refractivity contribution >= 4 is 22.5 Å². The first-order chi connectivity index (χ1) is 12.1. The van der Waals surface area contributed by atoms with Gasteiger partial charge >= 0.3 is 0 Å². The number of nitrogens with zero attached hydrogens (tertiary/aromatic N) is 2. The van der Waals surface area contributed by atoms with E-state index in [1.807, 2.05) is 38.1 Å². The predicted octanol–water partition coefficient (Wildman–Crippen LogP) is 3.02. The normalized spacial score (nSPS) is 16.1. The third-order valence-corrected chi connectivity index (χ3v) is 5.79. The van der Waals surface area contributed by atoms with Gasteiger partial charge in [0.2, 0.25) is 5.91 Å². The van der Waals surface area contributed by atoms with Gasteiger partial charge in [-0.3, -0.25) is 9.00 Å². The molecule has 0 unspecified atom stereocenters. The molecule has 2 heterocycles. The highest BCUT2D eigenvalue weighted by molar-refractivity contribution is 7.83. The summed E-state index contributed by atoms with van der Waals surface area (Å²) in [6, 6.07) is 7.50. The van der Waals surface area contributed by atoms with Crippen molar-refractivity contribution in [1.29, 1.82) is 0 Å². The van der Waals surface area contributed by atoms with Crippen LogP contribution in [0.1, 0.15) is 37.9 Å². The number of fused-ring (bicyclic) bond motifs is 1. The minimum absolute atomic E-state index is 0.0138. The van der Waals surface area contributed by atoms with E-state index < -0.39 is 10.8 Å². The molecule has 0 aliphatic carbocycles. The lowest BCUT2D eigenvalue weighted by atomic mass is 10.0.